The molecule has 9 nitrogen and oxygen atoms in total. The molecule has 2 heterocycles. The number of hydrogen-bond acceptors (Lipinski definition) is 6. The Labute approximate surface area is 216 Å². The summed E-state index contributed by atoms with van der Waals surface area (Å²) in [5, 5.41) is 5.90. The average molecular weight is 552 g/mol. The van der Waals surface area contributed by atoms with Gasteiger partial charge in [-0.1, -0.05) is 41.9 Å². The van der Waals surface area contributed by atoms with Crippen LogP contribution >= 0.6 is 22.9 Å². The summed E-state index contributed by atoms with van der Waals surface area (Å²) in [4.78, 5) is 31.2. The number of benzene rings is 2. The molecule has 0 saturated carbocycles. The molecule has 0 radical (unpaired) electrons. The molecule has 0 aliphatic carbocycles. The third-order valence-electron chi connectivity index (χ3n) is 5.71. The van der Waals surface area contributed by atoms with Crippen molar-refractivity contribution in [2.24, 2.45) is 0 Å². The van der Waals surface area contributed by atoms with Gasteiger partial charge >= 0.3 is 0 Å². The maximum atomic E-state index is 13.4. The van der Waals surface area contributed by atoms with E-state index >= 15 is 0 Å². The van der Waals surface area contributed by atoms with E-state index in [4.69, 9.17) is 11.6 Å². The summed E-state index contributed by atoms with van der Waals surface area (Å²) in [5.41, 5.74) is 1.92. The van der Waals surface area contributed by atoms with Crippen LogP contribution in [0.15, 0.2) is 48.5 Å². The molecule has 13 heteroatoms. The lowest BCUT2D eigenvalue weighted by atomic mass is 10.1. The van der Waals surface area contributed by atoms with Crippen LogP contribution in [-0.2, 0) is 26.3 Å². The number of carbonyl (C=O) groups excluding carboxylic acids is 2. The highest BCUT2D eigenvalue weighted by molar-refractivity contribution is 7.87. The molecule has 1 aliphatic rings. The molecule has 1 saturated heterocycles. The van der Waals surface area contributed by atoms with Gasteiger partial charge in [-0.2, -0.15) is 17.4 Å². The minimum atomic E-state index is -4.11. The molecule has 0 bridgehead atoms. The molecule has 4 rings (SSSR count). The van der Waals surface area contributed by atoms with Gasteiger partial charge in [0.05, 0.1) is 17.3 Å². The summed E-state index contributed by atoms with van der Waals surface area (Å²) >= 11 is 7.19. The first-order valence-corrected chi connectivity index (χ1v) is 13.5. The highest BCUT2D eigenvalue weighted by atomic mass is 35.5. The predicted octanol–water partition coefficient (Wildman–Crippen LogP) is 3.07. The number of thiazole rings is 1. The number of amides is 2. The van der Waals surface area contributed by atoms with Crippen molar-refractivity contribution < 1.29 is 22.4 Å². The van der Waals surface area contributed by atoms with Crippen molar-refractivity contribution in [3.05, 3.63) is 69.9 Å². The van der Waals surface area contributed by atoms with Crippen LogP contribution in [0.2, 0.25) is 5.02 Å². The van der Waals surface area contributed by atoms with E-state index in [1.54, 1.807) is 0 Å². The van der Waals surface area contributed by atoms with Crippen molar-refractivity contribution in [1.29, 1.82) is 0 Å². The van der Waals surface area contributed by atoms with E-state index in [0.717, 1.165) is 31.5 Å². The Bertz CT molecular complexity index is 1400. The zero-order valence-corrected chi connectivity index (χ0v) is 21.7. The SMILES string of the molecule is Cc1nc(-c2ccccc2)sc1CNC(=O)C1CC(C(=O)Nc2ccc(F)c(Cl)c2)N(C)S(=O)(=O)N1. The van der Waals surface area contributed by atoms with E-state index in [0.29, 0.717) is 0 Å². The summed E-state index contributed by atoms with van der Waals surface area (Å²) < 4.78 is 41.8. The Morgan fingerprint density at radius 3 is 2.64 bits per heavy atom. The van der Waals surface area contributed by atoms with Crippen LogP contribution in [-0.4, -0.2) is 48.7 Å². The van der Waals surface area contributed by atoms with Crippen LogP contribution in [0.5, 0.6) is 0 Å². The van der Waals surface area contributed by atoms with E-state index in [2.05, 4.69) is 20.3 Å². The second kappa shape index (κ2) is 10.6. The minimum absolute atomic E-state index is 0.112. The van der Waals surface area contributed by atoms with Gasteiger partial charge in [0.1, 0.15) is 22.9 Å². The largest absolute Gasteiger partial charge is 0.350 e. The summed E-state index contributed by atoms with van der Waals surface area (Å²) in [7, 11) is -2.87. The smallest absolute Gasteiger partial charge is 0.280 e. The normalized spacial score (nSPS) is 19.6. The van der Waals surface area contributed by atoms with Crippen LogP contribution in [0, 0.1) is 12.7 Å². The number of rotatable bonds is 6. The molecule has 1 fully saturated rings. The number of nitrogens with zero attached hydrogens (tertiary/aromatic N) is 2. The summed E-state index contributed by atoms with van der Waals surface area (Å²) in [6.07, 6.45) is -0.112. The van der Waals surface area contributed by atoms with Crippen LogP contribution in [0.3, 0.4) is 0 Å². The lowest BCUT2D eigenvalue weighted by Gasteiger charge is -2.35. The van der Waals surface area contributed by atoms with E-state index in [1.807, 2.05) is 37.3 Å². The molecular formula is C23H23ClFN5O4S2. The molecule has 2 unspecified atom stereocenters. The van der Waals surface area contributed by atoms with Crippen LogP contribution < -0.4 is 15.4 Å². The van der Waals surface area contributed by atoms with E-state index in [-0.39, 0.29) is 23.7 Å². The molecule has 2 atom stereocenters. The van der Waals surface area contributed by atoms with Crippen molar-refractivity contribution in [2.75, 3.05) is 12.4 Å². The lowest BCUT2D eigenvalue weighted by Crippen LogP contribution is -2.62. The number of anilines is 1. The standard InChI is InChI=1S/C23H23ClFN5O4S2/c1-13-20(35-23(27-13)14-6-4-3-5-7-14)12-26-21(31)18-11-19(30(2)36(33,34)29-18)22(32)28-15-8-9-17(25)16(24)10-15/h3-10,18-19,29H,11-12H2,1-2H3,(H,26,31)(H,28,32). The Morgan fingerprint density at radius 2 is 1.94 bits per heavy atom. The quantitative estimate of drug-likeness (QED) is 0.435. The first kappa shape index (κ1) is 26.2. The molecule has 1 aliphatic heterocycles. The number of halogens is 2. The topological polar surface area (TPSA) is 120 Å². The van der Waals surface area contributed by atoms with E-state index in [9.17, 15) is 22.4 Å². The fourth-order valence-corrected chi connectivity index (χ4v) is 6.10. The molecular weight excluding hydrogens is 529 g/mol. The summed E-state index contributed by atoms with van der Waals surface area (Å²) in [5.74, 6) is -1.89. The number of aromatic nitrogens is 1. The molecule has 2 amide bonds. The molecule has 0 spiro atoms. The zero-order chi connectivity index (χ0) is 26.0. The van der Waals surface area contributed by atoms with E-state index in [1.165, 1.54) is 30.5 Å². The second-order valence-corrected chi connectivity index (χ2v) is 11.4. The maximum Gasteiger partial charge on any atom is 0.280 e. The molecule has 36 heavy (non-hydrogen) atoms. The van der Waals surface area contributed by atoms with Crippen molar-refractivity contribution in [3.63, 3.8) is 0 Å². The summed E-state index contributed by atoms with van der Waals surface area (Å²) in [6, 6.07) is 10.9. The first-order valence-electron chi connectivity index (χ1n) is 10.9. The Morgan fingerprint density at radius 1 is 1.22 bits per heavy atom. The monoisotopic (exact) mass is 551 g/mol. The van der Waals surface area contributed by atoms with Crippen molar-refractivity contribution in [2.45, 2.75) is 32.0 Å². The van der Waals surface area contributed by atoms with E-state index < -0.39 is 39.9 Å². The molecule has 2 aromatic carbocycles. The number of aryl methyl sites for hydroxylation is 1. The van der Waals surface area contributed by atoms with Crippen molar-refractivity contribution >= 4 is 50.6 Å². The molecule has 1 aromatic heterocycles. The Balaban J connectivity index is 1.44. The molecule has 3 N–H and O–H groups in total. The Hall–Kier alpha value is -2.90. The number of hydrogen-bond donors (Lipinski definition) is 3. The lowest BCUT2D eigenvalue weighted by molar-refractivity contribution is -0.124. The molecule has 190 valence electrons. The maximum absolute atomic E-state index is 13.4. The fourth-order valence-electron chi connectivity index (χ4n) is 3.67. The van der Waals surface area contributed by atoms with Gasteiger partial charge in [-0.25, -0.2) is 9.37 Å². The zero-order valence-electron chi connectivity index (χ0n) is 19.3. The van der Waals surface area contributed by atoms with Gasteiger partial charge in [-0.05, 0) is 31.5 Å². The highest BCUT2D eigenvalue weighted by Crippen LogP contribution is 2.28. The van der Waals surface area contributed by atoms with Gasteiger partial charge in [-0.3, -0.25) is 9.59 Å². The van der Waals surface area contributed by atoms with Crippen LogP contribution in [0.25, 0.3) is 10.6 Å². The Kier molecular flexibility index (Phi) is 7.71. The van der Waals surface area contributed by atoms with Crippen molar-refractivity contribution in [3.8, 4) is 10.6 Å². The number of likely N-dealkylation sites (N-methyl/N-ethyl adjacent to an activating group) is 1. The highest BCUT2D eigenvalue weighted by Gasteiger charge is 2.42. The van der Waals surface area contributed by atoms with Crippen molar-refractivity contribution in [1.82, 2.24) is 19.3 Å². The summed E-state index contributed by atoms with van der Waals surface area (Å²) in [6.45, 7) is 2.00. The average Bonchev–Trinajstić information content (AvgIpc) is 3.22. The third kappa shape index (κ3) is 5.73. The second-order valence-electron chi connectivity index (χ2n) is 8.17. The van der Waals surface area contributed by atoms with Gasteiger partial charge in [-0.15, -0.1) is 11.3 Å². The predicted molar refractivity (Wildman–Crippen MR) is 136 cm³/mol. The van der Waals surface area contributed by atoms with Gasteiger partial charge in [0, 0.05) is 23.2 Å². The van der Waals surface area contributed by atoms with Gasteiger partial charge in [0.25, 0.3) is 10.2 Å². The van der Waals surface area contributed by atoms with Gasteiger partial charge in [0.2, 0.25) is 11.8 Å². The fraction of sp³-hybridized carbons (Fsp3) is 0.261. The molecule has 3 aromatic rings. The van der Waals surface area contributed by atoms with Gasteiger partial charge < -0.3 is 10.6 Å². The van der Waals surface area contributed by atoms with Crippen LogP contribution in [0.4, 0.5) is 10.1 Å². The third-order valence-corrected chi connectivity index (χ3v) is 8.80. The number of carbonyl (C=O) groups is 2. The first-order chi connectivity index (χ1) is 17.0. The minimum Gasteiger partial charge on any atom is -0.350 e. The van der Waals surface area contributed by atoms with Gasteiger partial charge in [0.15, 0.2) is 0 Å². The van der Waals surface area contributed by atoms with Crippen LogP contribution in [0.1, 0.15) is 17.0 Å². The number of nitrogens with one attached hydrogen (secondary N) is 3.